The van der Waals surface area contributed by atoms with Gasteiger partial charge in [0, 0.05) is 44.2 Å². The molecule has 0 unspecified atom stereocenters. The van der Waals surface area contributed by atoms with Crippen molar-refractivity contribution in [1.82, 2.24) is 19.9 Å². The highest BCUT2D eigenvalue weighted by Crippen LogP contribution is 2.19. The number of anilines is 2. The van der Waals surface area contributed by atoms with Crippen molar-refractivity contribution in [3.8, 4) is 0 Å². The summed E-state index contributed by atoms with van der Waals surface area (Å²) < 4.78 is 0. The van der Waals surface area contributed by atoms with Crippen LogP contribution in [-0.4, -0.2) is 51.9 Å². The van der Waals surface area contributed by atoms with Crippen LogP contribution in [0.3, 0.4) is 0 Å². The Kier molecular flexibility index (Phi) is 4.98. The Balaban J connectivity index is 1.43. The monoisotopic (exact) mass is 374 g/mol. The van der Waals surface area contributed by atoms with Gasteiger partial charge in [0.2, 0.25) is 11.9 Å². The molecule has 0 atom stereocenters. The maximum Gasteiger partial charge on any atom is 0.257 e. The lowest BCUT2D eigenvalue weighted by Crippen LogP contribution is -2.41. The molecule has 2 aromatic rings. The van der Waals surface area contributed by atoms with Crippen molar-refractivity contribution in [1.29, 1.82) is 0 Å². The lowest BCUT2D eigenvalue weighted by atomic mass is 10.1. The Morgan fingerprint density at radius 3 is 2.88 bits per heavy atom. The third-order valence-corrected chi connectivity index (χ3v) is 5.53. The molecule has 2 N–H and O–H groups in total. The summed E-state index contributed by atoms with van der Waals surface area (Å²) in [5, 5.41) is 5.19. The van der Waals surface area contributed by atoms with Crippen LogP contribution in [0.15, 0.2) is 16.4 Å². The van der Waals surface area contributed by atoms with Crippen molar-refractivity contribution in [3.05, 3.63) is 33.2 Å². The molecule has 8 nitrogen and oxygen atoms in total. The number of hydrogen-bond acceptors (Lipinski definition) is 7. The molecule has 26 heavy (non-hydrogen) atoms. The fraction of sp³-hybridized carbons (Fsp3) is 0.529. The Morgan fingerprint density at radius 1 is 1.27 bits per heavy atom. The third-order valence-electron chi connectivity index (χ3n) is 4.84. The maximum absolute atomic E-state index is 12.6. The summed E-state index contributed by atoms with van der Waals surface area (Å²) in [6.45, 7) is 3.30. The second-order valence-electron chi connectivity index (χ2n) is 6.71. The van der Waals surface area contributed by atoms with Gasteiger partial charge in [0.1, 0.15) is 0 Å². The van der Waals surface area contributed by atoms with E-state index in [1.165, 1.54) is 17.8 Å². The van der Waals surface area contributed by atoms with Crippen LogP contribution in [0.25, 0.3) is 0 Å². The smallest absolute Gasteiger partial charge is 0.257 e. The number of aromatic amines is 1. The molecule has 4 rings (SSSR count). The van der Waals surface area contributed by atoms with E-state index in [0.717, 1.165) is 31.6 Å². The number of nitrogens with zero attached hydrogens (tertiary/aromatic N) is 4. The number of aromatic nitrogens is 3. The number of amides is 1. The molecular weight excluding hydrogens is 352 g/mol. The third kappa shape index (κ3) is 3.78. The highest BCUT2D eigenvalue weighted by molar-refractivity contribution is 7.13. The van der Waals surface area contributed by atoms with E-state index in [2.05, 4.69) is 20.2 Å². The first-order valence-electron chi connectivity index (χ1n) is 8.98. The first-order chi connectivity index (χ1) is 12.7. The number of hydrogen-bond donors (Lipinski definition) is 2. The van der Waals surface area contributed by atoms with Gasteiger partial charge < -0.3 is 10.2 Å². The molecule has 1 fully saturated rings. The van der Waals surface area contributed by atoms with Crippen LogP contribution >= 0.6 is 11.3 Å². The average molecular weight is 374 g/mol. The van der Waals surface area contributed by atoms with Gasteiger partial charge in [0.15, 0.2) is 5.13 Å². The largest absolute Gasteiger partial charge is 0.342 e. The normalized spacial score (nSPS) is 17.8. The zero-order chi connectivity index (χ0) is 17.9. The Hall–Kier alpha value is -2.26. The highest BCUT2D eigenvalue weighted by Gasteiger charge is 2.24. The van der Waals surface area contributed by atoms with Gasteiger partial charge in [0.25, 0.3) is 5.56 Å². The van der Waals surface area contributed by atoms with E-state index < -0.39 is 0 Å². The first-order valence-corrected chi connectivity index (χ1v) is 9.86. The minimum atomic E-state index is -0.113. The van der Waals surface area contributed by atoms with Gasteiger partial charge >= 0.3 is 0 Å². The van der Waals surface area contributed by atoms with Gasteiger partial charge in [0.05, 0.1) is 17.8 Å². The van der Waals surface area contributed by atoms with E-state index in [9.17, 15) is 9.59 Å². The summed E-state index contributed by atoms with van der Waals surface area (Å²) >= 11 is 1.39. The lowest BCUT2D eigenvalue weighted by molar-refractivity contribution is -0.117. The summed E-state index contributed by atoms with van der Waals surface area (Å²) in [5.74, 6) is 0.584. The van der Waals surface area contributed by atoms with Gasteiger partial charge in [-0.3, -0.25) is 19.5 Å². The van der Waals surface area contributed by atoms with Crippen molar-refractivity contribution >= 4 is 28.3 Å². The summed E-state index contributed by atoms with van der Waals surface area (Å²) in [6, 6.07) is 0. The Labute approximate surface area is 155 Å². The number of carbonyl (C=O) groups is 1. The first kappa shape index (κ1) is 17.2. The summed E-state index contributed by atoms with van der Waals surface area (Å²) in [7, 11) is 0. The second kappa shape index (κ2) is 7.55. The summed E-state index contributed by atoms with van der Waals surface area (Å²) in [5.41, 5.74) is 1.46. The molecule has 2 aliphatic rings. The van der Waals surface area contributed by atoms with Crippen molar-refractivity contribution in [3.63, 3.8) is 0 Å². The van der Waals surface area contributed by atoms with E-state index in [-0.39, 0.29) is 18.0 Å². The van der Waals surface area contributed by atoms with Crippen LogP contribution in [-0.2, 0) is 17.8 Å². The van der Waals surface area contributed by atoms with Gasteiger partial charge in [-0.2, -0.15) is 0 Å². The summed E-state index contributed by atoms with van der Waals surface area (Å²) in [4.78, 5) is 40.5. The van der Waals surface area contributed by atoms with Crippen LogP contribution in [0.2, 0.25) is 0 Å². The minimum Gasteiger partial charge on any atom is -0.342 e. The molecule has 0 saturated carbocycles. The van der Waals surface area contributed by atoms with E-state index in [4.69, 9.17) is 4.98 Å². The molecule has 2 aliphatic heterocycles. The zero-order valence-corrected chi connectivity index (χ0v) is 15.3. The molecule has 1 amide bonds. The van der Waals surface area contributed by atoms with E-state index in [0.29, 0.717) is 36.2 Å². The van der Waals surface area contributed by atoms with Crippen LogP contribution in [0.1, 0.15) is 30.5 Å². The van der Waals surface area contributed by atoms with Gasteiger partial charge in [-0.1, -0.05) is 0 Å². The average Bonchev–Trinajstić information content (AvgIpc) is 3.15. The zero-order valence-electron chi connectivity index (χ0n) is 14.5. The SMILES string of the molecule is O=C(CN1CCc2nc(N3CCCCC3)[nH]c(=O)c2C1)Nc1nccs1. The molecule has 0 radical (unpaired) electrons. The molecule has 138 valence electrons. The topological polar surface area (TPSA) is 94.2 Å². The number of nitrogens with one attached hydrogen (secondary N) is 2. The molecule has 0 aliphatic carbocycles. The number of thiazole rings is 1. The lowest BCUT2D eigenvalue weighted by Gasteiger charge is -2.30. The van der Waals surface area contributed by atoms with Crippen LogP contribution < -0.4 is 15.8 Å². The summed E-state index contributed by atoms with van der Waals surface area (Å²) in [6.07, 6.45) is 5.86. The van der Waals surface area contributed by atoms with Gasteiger partial charge in [-0.05, 0) is 19.3 Å². The fourth-order valence-corrected chi connectivity index (χ4v) is 4.05. The van der Waals surface area contributed by atoms with Gasteiger partial charge in [-0.15, -0.1) is 11.3 Å². The van der Waals surface area contributed by atoms with Crippen molar-refractivity contribution in [2.75, 3.05) is 36.4 Å². The minimum absolute atomic E-state index is 0.0828. The molecule has 0 aromatic carbocycles. The van der Waals surface area contributed by atoms with Crippen molar-refractivity contribution < 1.29 is 4.79 Å². The maximum atomic E-state index is 12.6. The quantitative estimate of drug-likeness (QED) is 0.836. The Bertz CT molecular complexity index is 828. The van der Waals surface area contributed by atoms with E-state index in [1.54, 1.807) is 6.20 Å². The fourth-order valence-electron chi connectivity index (χ4n) is 3.51. The van der Waals surface area contributed by atoms with E-state index >= 15 is 0 Å². The number of H-pyrrole nitrogens is 1. The van der Waals surface area contributed by atoms with Crippen molar-refractivity contribution in [2.24, 2.45) is 0 Å². The Morgan fingerprint density at radius 2 is 2.12 bits per heavy atom. The number of rotatable bonds is 4. The molecular formula is C17H22N6O2S. The van der Waals surface area contributed by atoms with E-state index in [1.807, 2.05) is 10.3 Å². The van der Waals surface area contributed by atoms with Crippen LogP contribution in [0, 0.1) is 0 Å². The van der Waals surface area contributed by atoms with Gasteiger partial charge in [-0.25, -0.2) is 9.97 Å². The molecule has 4 heterocycles. The molecule has 0 spiro atoms. The number of carbonyl (C=O) groups excluding carboxylic acids is 1. The standard InChI is InChI=1S/C17H22N6O2S/c24-14(20-17-18-5-9-26-17)11-22-8-4-13-12(10-22)15(25)21-16(19-13)23-6-2-1-3-7-23/h5,9H,1-4,6-8,10-11H2,(H,18,20,24)(H,19,21,25). The highest BCUT2D eigenvalue weighted by atomic mass is 32.1. The predicted octanol–water partition coefficient (Wildman–Crippen LogP) is 1.21. The molecule has 0 bridgehead atoms. The molecule has 1 saturated heterocycles. The predicted molar refractivity (Wildman–Crippen MR) is 101 cm³/mol. The second-order valence-corrected chi connectivity index (χ2v) is 7.60. The van der Waals surface area contributed by atoms with Crippen LogP contribution in [0.4, 0.5) is 11.1 Å². The molecule has 9 heteroatoms. The number of fused-ring (bicyclic) bond motifs is 1. The van der Waals surface area contributed by atoms with Crippen molar-refractivity contribution in [2.45, 2.75) is 32.2 Å². The van der Waals surface area contributed by atoms with Crippen LogP contribution in [0.5, 0.6) is 0 Å². The molecule has 2 aromatic heterocycles. The number of piperidine rings is 1.